The average Bonchev–Trinajstić information content (AvgIpc) is 2.07. The summed E-state index contributed by atoms with van der Waals surface area (Å²) in [5.41, 5.74) is 0. The van der Waals surface area contributed by atoms with Gasteiger partial charge in [-0.25, -0.2) is 0 Å². The molecule has 1 aliphatic rings. The van der Waals surface area contributed by atoms with Gasteiger partial charge in [-0.15, -0.1) is 11.8 Å². The Labute approximate surface area is 74.5 Å². The van der Waals surface area contributed by atoms with Crippen LogP contribution in [0.1, 0.15) is 27.7 Å². The third-order valence-corrected chi connectivity index (χ3v) is 4.05. The highest BCUT2D eigenvalue weighted by Gasteiger charge is 2.35. The van der Waals surface area contributed by atoms with Gasteiger partial charge < -0.3 is 0 Å². The van der Waals surface area contributed by atoms with Crippen molar-refractivity contribution < 1.29 is 0 Å². The third-order valence-electron chi connectivity index (χ3n) is 2.62. The van der Waals surface area contributed by atoms with Crippen LogP contribution in [0, 0.1) is 5.92 Å². The quantitative estimate of drug-likeness (QED) is 0.599. The fraction of sp³-hybridized carbons (Fsp3) is 1.00. The van der Waals surface area contributed by atoms with Crippen molar-refractivity contribution in [2.75, 3.05) is 7.05 Å². The van der Waals surface area contributed by atoms with Gasteiger partial charge in [-0.1, -0.05) is 20.8 Å². The highest BCUT2D eigenvalue weighted by molar-refractivity contribution is 8.00. The number of hydrogen-bond donors (Lipinski definition) is 0. The molecule has 1 rings (SSSR count). The zero-order valence-electron chi connectivity index (χ0n) is 8.16. The lowest BCUT2D eigenvalue weighted by molar-refractivity contribution is 0.206. The molecule has 0 radical (unpaired) electrons. The van der Waals surface area contributed by atoms with E-state index in [1.54, 1.807) is 0 Å². The van der Waals surface area contributed by atoms with Gasteiger partial charge >= 0.3 is 0 Å². The van der Waals surface area contributed by atoms with Crippen LogP contribution >= 0.6 is 11.8 Å². The Morgan fingerprint density at radius 2 is 1.82 bits per heavy atom. The SMILES string of the molecule is CC(C)C1C(C)SC(C)N1C. The molecule has 0 aromatic heterocycles. The van der Waals surface area contributed by atoms with Crippen LogP contribution in [0.3, 0.4) is 0 Å². The van der Waals surface area contributed by atoms with Crippen molar-refractivity contribution in [2.24, 2.45) is 5.92 Å². The lowest BCUT2D eigenvalue weighted by atomic mass is 10.0. The average molecular weight is 173 g/mol. The molecule has 0 amide bonds. The van der Waals surface area contributed by atoms with E-state index in [9.17, 15) is 0 Å². The van der Waals surface area contributed by atoms with Crippen molar-refractivity contribution in [3.63, 3.8) is 0 Å². The van der Waals surface area contributed by atoms with E-state index >= 15 is 0 Å². The molecule has 0 aromatic carbocycles. The van der Waals surface area contributed by atoms with Gasteiger partial charge in [0.15, 0.2) is 0 Å². The van der Waals surface area contributed by atoms with Crippen LogP contribution in [-0.2, 0) is 0 Å². The summed E-state index contributed by atoms with van der Waals surface area (Å²) in [6.45, 7) is 9.27. The molecule has 3 unspecified atom stereocenters. The Morgan fingerprint density at radius 1 is 1.27 bits per heavy atom. The fourth-order valence-corrected chi connectivity index (χ4v) is 3.69. The molecule has 66 valence electrons. The van der Waals surface area contributed by atoms with Gasteiger partial charge in [0, 0.05) is 11.3 Å². The summed E-state index contributed by atoms with van der Waals surface area (Å²) in [6, 6.07) is 0.773. The third kappa shape index (κ3) is 1.73. The van der Waals surface area contributed by atoms with Crippen LogP contribution in [0.5, 0.6) is 0 Å². The van der Waals surface area contributed by atoms with Gasteiger partial charge in [0.05, 0.1) is 5.37 Å². The zero-order chi connectivity index (χ0) is 8.59. The molecule has 0 aliphatic carbocycles. The summed E-state index contributed by atoms with van der Waals surface area (Å²) in [5.74, 6) is 0.785. The molecule has 1 fully saturated rings. The second-order valence-electron chi connectivity index (χ2n) is 3.84. The van der Waals surface area contributed by atoms with Crippen LogP contribution in [0.25, 0.3) is 0 Å². The Balaban J connectivity index is 2.63. The predicted molar refractivity (Wildman–Crippen MR) is 52.9 cm³/mol. The van der Waals surface area contributed by atoms with Crippen LogP contribution in [0.15, 0.2) is 0 Å². The van der Waals surface area contributed by atoms with Crippen LogP contribution in [0.4, 0.5) is 0 Å². The Kier molecular flexibility index (Phi) is 2.87. The van der Waals surface area contributed by atoms with Crippen molar-refractivity contribution in [1.29, 1.82) is 0 Å². The second kappa shape index (κ2) is 3.36. The largest absolute Gasteiger partial charge is 0.290 e. The van der Waals surface area contributed by atoms with E-state index in [-0.39, 0.29) is 0 Å². The minimum atomic E-state index is 0.706. The highest BCUT2D eigenvalue weighted by Crippen LogP contribution is 2.36. The first-order valence-electron chi connectivity index (χ1n) is 4.41. The molecule has 1 aliphatic heterocycles. The minimum absolute atomic E-state index is 0.706. The topological polar surface area (TPSA) is 3.24 Å². The van der Waals surface area contributed by atoms with Gasteiger partial charge in [0.2, 0.25) is 0 Å². The highest BCUT2D eigenvalue weighted by atomic mass is 32.2. The first kappa shape index (κ1) is 9.40. The summed E-state index contributed by atoms with van der Waals surface area (Å²) in [6.07, 6.45) is 0. The van der Waals surface area contributed by atoms with E-state index in [4.69, 9.17) is 0 Å². The standard InChI is InChI=1S/C9H19NS/c1-6(2)9-7(3)11-8(4)10(9)5/h6-9H,1-5H3. The molecule has 2 heteroatoms. The Bertz CT molecular complexity index is 136. The lowest BCUT2D eigenvalue weighted by Gasteiger charge is -2.27. The Morgan fingerprint density at radius 3 is 2.00 bits per heavy atom. The van der Waals surface area contributed by atoms with Gasteiger partial charge in [0.25, 0.3) is 0 Å². The van der Waals surface area contributed by atoms with Crippen LogP contribution in [0.2, 0.25) is 0 Å². The summed E-state index contributed by atoms with van der Waals surface area (Å²) >= 11 is 2.09. The summed E-state index contributed by atoms with van der Waals surface area (Å²) in [4.78, 5) is 2.50. The molecule has 1 heterocycles. The van der Waals surface area contributed by atoms with Gasteiger partial charge in [0.1, 0.15) is 0 Å². The van der Waals surface area contributed by atoms with E-state index in [0.717, 1.165) is 17.2 Å². The lowest BCUT2D eigenvalue weighted by Crippen LogP contribution is -2.37. The maximum atomic E-state index is 2.50. The molecule has 11 heavy (non-hydrogen) atoms. The summed E-state index contributed by atoms with van der Waals surface area (Å²) < 4.78 is 0. The molecule has 0 saturated carbocycles. The molecule has 0 aromatic rings. The maximum absolute atomic E-state index is 2.50. The van der Waals surface area contributed by atoms with Crippen molar-refractivity contribution in [2.45, 2.75) is 44.4 Å². The Hall–Kier alpha value is 0.310. The van der Waals surface area contributed by atoms with Crippen molar-refractivity contribution in [3.05, 3.63) is 0 Å². The summed E-state index contributed by atoms with van der Waals surface area (Å²) in [5, 5.41) is 1.51. The van der Waals surface area contributed by atoms with Crippen molar-refractivity contribution in [1.82, 2.24) is 4.90 Å². The molecular weight excluding hydrogens is 154 g/mol. The van der Waals surface area contributed by atoms with Gasteiger partial charge in [-0.05, 0) is 19.9 Å². The molecule has 0 N–H and O–H groups in total. The fourth-order valence-electron chi connectivity index (χ4n) is 2.07. The van der Waals surface area contributed by atoms with Gasteiger partial charge in [-0.3, -0.25) is 4.90 Å². The number of rotatable bonds is 1. The van der Waals surface area contributed by atoms with Crippen molar-refractivity contribution >= 4 is 11.8 Å². The van der Waals surface area contributed by atoms with Crippen LogP contribution < -0.4 is 0 Å². The maximum Gasteiger partial charge on any atom is 0.0532 e. The molecule has 0 bridgehead atoms. The molecule has 0 spiro atoms. The first-order chi connectivity index (χ1) is 5.04. The number of hydrogen-bond acceptors (Lipinski definition) is 2. The van der Waals surface area contributed by atoms with Crippen LogP contribution in [-0.4, -0.2) is 28.6 Å². The van der Waals surface area contributed by atoms with Gasteiger partial charge in [-0.2, -0.15) is 0 Å². The minimum Gasteiger partial charge on any atom is -0.290 e. The summed E-state index contributed by atoms with van der Waals surface area (Å²) in [7, 11) is 2.24. The van der Waals surface area contributed by atoms with Crippen molar-refractivity contribution in [3.8, 4) is 0 Å². The monoisotopic (exact) mass is 173 g/mol. The van der Waals surface area contributed by atoms with E-state index < -0.39 is 0 Å². The number of nitrogens with zero attached hydrogens (tertiary/aromatic N) is 1. The van der Waals surface area contributed by atoms with E-state index in [1.807, 2.05) is 0 Å². The molecule has 1 saturated heterocycles. The smallest absolute Gasteiger partial charge is 0.0532 e. The van der Waals surface area contributed by atoms with E-state index in [1.165, 1.54) is 0 Å². The predicted octanol–water partition coefficient (Wildman–Crippen LogP) is 2.42. The molecule has 1 nitrogen and oxygen atoms in total. The normalized spacial score (nSPS) is 40.4. The second-order valence-corrected chi connectivity index (χ2v) is 5.54. The number of thioether (sulfide) groups is 1. The van der Waals surface area contributed by atoms with E-state index in [0.29, 0.717) is 5.37 Å². The van der Waals surface area contributed by atoms with E-state index in [2.05, 4.69) is 51.4 Å². The first-order valence-corrected chi connectivity index (χ1v) is 5.35. The molecule has 3 atom stereocenters. The zero-order valence-corrected chi connectivity index (χ0v) is 8.98. The molecular formula is C9H19NS.